The van der Waals surface area contributed by atoms with Crippen molar-refractivity contribution in [2.45, 2.75) is 0 Å². The van der Waals surface area contributed by atoms with Gasteiger partial charge in [0.25, 0.3) is 0 Å². The maximum Gasteiger partial charge on any atom is 0.241 e. The van der Waals surface area contributed by atoms with Crippen molar-refractivity contribution < 1.29 is 4.79 Å². The fourth-order valence-corrected chi connectivity index (χ4v) is 2.15. The fourth-order valence-electron chi connectivity index (χ4n) is 2.15. The number of likely N-dealkylation sites (N-methyl/N-ethyl adjacent to an activating group) is 1. The number of para-hydroxylation sites is 1. The third kappa shape index (κ3) is 3.26. The summed E-state index contributed by atoms with van der Waals surface area (Å²) in [6.45, 7) is 0.181. The molecule has 0 aliphatic rings. The molecule has 0 aliphatic heterocycles. The molecule has 1 aromatic carbocycles. The summed E-state index contributed by atoms with van der Waals surface area (Å²) in [7, 11) is 3.45. The Labute approximate surface area is 134 Å². The van der Waals surface area contributed by atoms with Crippen molar-refractivity contribution in [2.24, 2.45) is 0 Å². The van der Waals surface area contributed by atoms with E-state index in [4.69, 9.17) is 0 Å². The minimum atomic E-state index is -0.0179. The molecular formula is C17H17N5O. The van der Waals surface area contributed by atoms with Gasteiger partial charge in [0, 0.05) is 37.4 Å². The average Bonchev–Trinajstić information content (AvgIpc) is 2.59. The number of hydrogen-bond donors (Lipinski definition) is 1. The van der Waals surface area contributed by atoms with Crippen LogP contribution >= 0.6 is 0 Å². The van der Waals surface area contributed by atoms with E-state index in [2.05, 4.69) is 20.3 Å². The SMILES string of the molecule is CN(C)C(=O)CNc1nc(-c2cccnc2)nc2ccccc12. The van der Waals surface area contributed by atoms with Crippen LogP contribution < -0.4 is 5.32 Å². The second-order valence-corrected chi connectivity index (χ2v) is 5.30. The largest absolute Gasteiger partial charge is 0.360 e. The van der Waals surface area contributed by atoms with Crippen LogP contribution in [-0.2, 0) is 4.79 Å². The van der Waals surface area contributed by atoms with Crippen molar-refractivity contribution in [1.82, 2.24) is 19.9 Å². The predicted molar refractivity (Wildman–Crippen MR) is 90.0 cm³/mol. The van der Waals surface area contributed by atoms with E-state index in [0.29, 0.717) is 11.6 Å². The zero-order valence-corrected chi connectivity index (χ0v) is 13.0. The number of carbonyl (C=O) groups excluding carboxylic acids is 1. The number of nitrogens with one attached hydrogen (secondary N) is 1. The summed E-state index contributed by atoms with van der Waals surface area (Å²) in [6.07, 6.45) is 3.43. The summed E-state index contributed by atoms with van der Waals surface area (Å²) in [5.74, 6) is 1.21. The third-order valence-electron chi connectivity index (χ3n) is 3.43. The maximum atomic E-state index is 11.8. The lowest BCUT2D eigenvalue weighted by Crippen LogP contribution is -2.28. The molecule has 0 atom stereocenters. The van der Waals surface area contributed by atoms with Crippen molar-refractivity contribution >= 4 is 22.6 Å². The Morgan fingerprint density at radius 3 is 2.70 bits per heavy atom. The normalized spacial score (nSPS) is 10.5. The summed E-state index contributed by atoms with van der Waals surface area (Å²) < 4.78 is 0. The molecule has 0 saturated heterocycles. The van der Waals surface area contributed by atoms with Crippen LogP contribution in [0.2, 0.25) is 0 Å². The molecule has 1 amide bonds. The summed E-state index contributed by atoms with van der Waals surface area (Å²) in [5, 5.41) is 4.00. The topological polar surface area (TPSA) is 71.0 Å². The van der Waals surface area contributed by atoms with Gasteiger partial charge in [-0.05, 0) is 24.3 Å². The van der Waals surface area contributed by atoms with Gasteiger partial charge in [-0.1, -0.05) is 12.1 Å². The highest BCUT2D eigenvalue weighted by atomic mass is 16.2. The van der Waals surface area contributed by atoms with Crippen molar-refractivity contribution in [3.05, 3.63) is 48.8 Å². The van der Waals surface area contributed by atoms with Crippen LogP contribution in [0.4, 0.5) is 5.82 Å². The van der Waals surface area contributed by atoms with E-state index in [9.17, 15) is 4.79 Å². The lowest BCUT2D eigenvalue weighted by atomic mass is 10.2. The number of aromatic nitrogens is 3. The van der Waals surface area contributed by atoms with Crippen molar-refractivity contribution in [3.63, 3.8) is 0 Å². The number of rotatable bonds is 4. The molecule has 0 saturated carbocycles. The minimum Gasteiger partial charge on any atom is -0.360 e. The lowest BCUT2D eigenvalue weighted by Gasteiger charge is -2.13. The van der Waals surface area contributed by atoms with Crippen LogP contribution in [0.3, 0.4) is 0 Å². The molecule has 2 heterocycles. The first-order valence-electron chi connectivity index (χ1n) is 7.26. The molecule has 2 aromatic heterocycles. The molecular weight excluding hydrogens is 290 g/mol. The highest BCUT2D eigenvalue weighted by Gasteiger charge is 2.11. The fraction of sp³-hybridized carbons (Fsp3) is 0.176. The number of benzene rings is 1. The van der Waals surface area contributed by atoms with Crippen LogP contribution in [-0.4, -0.2) is 46.4 Å². The Morgan fingerprint density at radius 1 is 1.13 bits per heavy atom. The van der Waals surface area contributed by atoms with Crippen LogP contribution in [0.15, 0.2) is 48.8 Å². The molecule has 116 valence electrons. The van der Waals surface area contributed by atoms with Gasteiger partial charge in [-0.25, -0.2) is 9.97 Å². The first-order chi connectivity index (χ1) is 11.1. The summed E-state index contributed by atoms with van der Waals surface area (Å²) in [5.41, 5.74) is 1.65. The van der Waals surface area contributed by atoms with Gasteiger partial charge in [0.05, 0.1) is 12.1 Å². The molecule has 3 aromatic rings. The van der Waals surface area contributed by atoms with E-state index in [1.165, 1.54) is 0 Å². The lowest BCUT2D eigenvalue weighted by molar-refractivity contribution is -0.126. The van der Waals surface area contributed by atoms with Crippen LogP contribution in [0.1, 0.15) is 0 Å². The highest BCUT2D eigenvalue weighted by molar-refractivity contribution is 5.92. The first kappa shape index (κ1) is 14.9. The van der Waals surface area contributed by atoms with Gasteiger partial charge >= 0.3 is 0 Å². The minimum absolute atomic E-state index is 0.0179. The second-order valence-electron chi connectivity index (χ2n) is 5.30. The molecule has 1 N–H and O–H groups in total. The van der Waals surface area contributed by atoms with Gasteiger partial charge in [0.15, 0.2) is 5.82 Å². The smallest absolute Gasteiger partial charge is 0.241 e. The quantitative estimate of drug-likeness (QED) is 0.800. The molecule has 6 heteroatoms. The standard InChI is InChI=1S/C17H17N5O/c1-22(2)15(23)11-19-17-13-7-3-4-8-14(13)20-16(21-17)12-6-5-9-18-10-12/h3-10H,11H2,1-2H3,(H,19,20,21). The monoisotopic (exact) mass is 307 g/mol. The molecule has 0 fully saturated rings. The number of nitrogens with zero attached hydrogens (tertiary/aromatic N) is 4. The number of carbonyl (C=O) groups is 1. The number of amides is 1. The molecule has 0 unspecified atom stereocenters. The Balaban J connectivity index is 2.02. The molecule has 0 radical (unpaired) electrons. The van der Waals surface area contributed by atoms with Crippen molar-refractivity contribution in [1.29, 1.82) is 0 Å². The van der Waals surface area contributed by atoms with Gasteiger partial charge in [-0.2, -0.15) is 0 Å². The van der Waals surface area contributed by atoms with Gasteiger partial charge in [-0.15, -0.1) is 0 Å². The zero-order valence-electron chi connectivity index (χ0n) is 13.0. The highest BCUT2D eigenvalue weighted by Crippen LogP contribution is 2.24. The van der Waals surface area contributed by atoms with E-state index in [1.807, 2.05) is 36.4 Å². The third-order valence-corrected chi connectivity index (χ3v) is 3.43. The molecule has 0 aliphatic carbocycles. The Bertz CT molecular complexity index is 833. The summed E-state index contributed by atoms with van der Waals surface area (Å²) in [6, 6.07) is 11.5. The van der Waals surface area contributed by atoms with E-state index in [0.717, 1.165) is 16.5 Å². The van der Waals surface area contributed by atoms with E-state index in [-0.39, 0.29) is 12.5 Å². The first-order valence-corrected chi connectivity index (χ1v) is 7.26. The Kier molecular flexibility index (Phi) is 4.14. The van der Waals surface area contributed by atoms with Crippen LogP contribution in [0.25, 0.3) is 22.3 Å². The van der Waals surface area contributed by atoms with Crippen LogP contribution in [0.5, 0.6) is 0 Å². The molecule has 3 rings (SSSR count). The van der Waals surface area contributed by atoms with Crippen LogP contribution in [0, 0.1) is 0 Å². The molecule has 6 nitrogen and oxygen atoms in total. The average molecular weight is 307 g/mol. The number of pyridine rings is 1. The van der Waals surface area contributed by atoms with Crippen molar-refractivity contribution in [2.75, 3.05) is 26.0 Å². The summed E-state index contributed by atoms with van der Waals surface area (Å²) in [4.78, 5) is 26.6. The van der Waals surface area contributed by atoms with E-state index >= 15 is 0 Å². The Morgan fingerprint density at radius 2 is 1.96 bits per heavy atom. The van der Waals surface area contributed by atoms with Crippen molar-refractivity contribution in [3.8, 4) is 11.4 Å². The molecule has 0 spiro atoms. The summed E-state index contributed by atoms with van der Waals surface area (Å²) >= 11 is 0. The van der Waals surface area contributed by atoms with Gasteiger partial charge in [0.1, 0.15) is 5.82 Å². The zero-order chi connectivity index (χ0) is 16.2. The van der Waals surface area contributed by atoms with E-state index < -0.39 is 0 Å². The number of anilines is 1. The molecule has 23 heavy (non-hydrogen) atoms. The number of hydrogen-bond acceptors (Lipinski definition) is 5. The molecule has 0 bridgehead atoms. The van der Waals surface area contributed by atoms with Gasteiger partial charge in [0.2, 0.25) is 5.91 Å². The van der Waals surface area contributed by atoms with Gasteiger partial charge in [-0.3, -0.25) is 9.78 Å². The van der Waals surface area contributed by atoms with Gasteiger partial charge < -0.3 is 10.2 Å². The van der Waals surface area contributed by atoms with E-state index in [1.54, 1.807) is 31.4 Å². The maximum absolute atomic E-state index is 11.8. The number of fused-ring (bicyclic) bond motifs is 1. The predicted octanol–water partition coefficient (Wildman–Crippen LogP) is 2.19. The Hall–Kier alpha value is -3.02. The second kappa shape index (κ2) is 6.39.